The van der Waals surface area contributed by atoms with Gasteiger partial charge >= 0.3 is 0 Å². The predicted molar refractivity (Wildman–Crippen MR) is 93.2 cm³/mol. The Hall–Kier alpha value is -2.40. The van der Waals surface area contributed by atoms with E-state index in [4.69, 9.17) is 11.6 Å². The van der Waals surface area contributed by atoms with Crippen molar-refractivity contribution in [2.75, 3.05) is 13.1 Å². The molecule has 0 spiro atoms. The number of likely N-dealkylation sites (tertiary alicyclic amines) is 1. The fraction of sp³-hybridized carbons (Fsp3) is 0.278. The van der Waals surface area contributed by atoms with E-state index in [2.05, 4.69) is 10.1 Å². The van der Waals surface area contributed by atoms with Gasteiger partial charge in [-0.25, -0.2) is 9.50 Å². The summed E-state index contributed by atoms with van der Waals surface area (Å²) < 4.78 is 1.79. The highest BCUT2D eigenvalue weighted by molar-refractivity contribution is 6.29. The Balaban J connectivity index is 1.76. The zero-order valence-corrected chi connectivity index (χ0v) is 13.9. The van der Waals surface area contributed by atoms with Crippen LogP contribution in [0, 0.1) is 0 Å². The van der Waals surface area contributed by atoms with E-state index in [9.17, 15) is 4.79 Å². The van der Waals surface area contributed by atoms with Gasteiger partial charge in [0.15, 0.2) is 0 Å². The first-order valence-electron chi connectivity index (χ1n) is 8.12. The topological polar surface area (TPSA) is 50.5 Å². The van der Waals surface area contributed by atoms with Crippen LogP contribution in [0.3, 0.4) is 0 Å². The van der Waals surface area contributed by atoms with Crippen molar-refractivity contribution in [3.05, 3.63) is 53.4 Å². The monoisotopic (exact) mass is 340 g/mol. The van der Waals surface area contributed by atoms with E-state index in [0.29, 0.717) is 10.7 Å². The minimum Gasteiger partial charge on any atom is -0.339 e. The number of fused-ring (bicyclic) bond motifs is 1. The molecule has 0 bridgehead atoms. The molecule has 5 nitrogen and oxygen atoms in total. The number of hydrogen-bond acceptors (Lipinski definition) is 3. The molecule has 4 rings (SSSR count). The summed E-state index contributed by atoms with van der Waals surface area (Å²) in [5.74, 6) is 0.0658. The van der Waals surface area contributed by atoms with Crippen LogP contribution in [0.4, 0.5) is 0 Å². The number of pyridine rings is 2. The second-order valence-corrected chi connectivity index (χ2v) is 6.38. The lowest BCUT2D eigenvalue weighted by atomic mass is 10.1. The Morgan fingerprint density at radius 1 is 1.04 bits per heavy atom. The van der Waals surface area contributed by atoms with Gasteiger partial charge in [-0.2, -0.15) is 5.10 Å². The van der Waals surface area contributed by atoms with Crippen molar-refractivity contribution in [1.29, 1.82) is 0 Å². The third kappa shape index (κ3) is 2.65. The Morgan fingerprint density at radius 2 is 1.88 bits per heavy atom. The summed E-state index contributed by atoms with van der Waals surface area (Å²) in [6.07, 6.45) is 6.73. The van der Waals surface area contributed by atoms with Crippen LogP contribution in [0.1, 0.15) is 29.6 Å². The number of piperidine rings is 1. The standard InChI is InChI=1S/C18H17ClN4O/c19-17-8-7-13(11-20-17)15-5-4-6-16-14(12-21-23(15)16)18(24)22-9-2-1-3-10-22/h4-8,11-12H,1-3,9-10H2. The fourth-order valence-electron chi connectivity index (χ4n) is 3.19. The van der Waals surface area contributed by atoms with E-state index >= 15 is 0 Å². The Bertz CT molecular complexity index is 882. The molecule has 0 aromatic carbocycles. The molecule has 1 saturated heterocycles. The molecule has 24 heavy (non-hydrogen) atoms. The van der Waals surface area contributed by atoms with Gasteiger partial charge in [-0.1, -0.05) is 17.7 Å². The van der Waals surface area contributed by atoms with Gasteiger partial charge in [0.05, 0.1) is 23.0 Å². The lowest BCUT2D eigenvalue weighted by Crippen LogP contribution is -2.35. The zero-order valence-electron chi connectivity index (χ0n) is 13.2. The molecule has 6 heteroatoms. The van der Waals surface area contributed by atoms with Gasteiger partial charge in [-0.05, 0) is 43.5 Å². The maximum Gasteiger partial charge on any atom is 0.257 e. The molecule has 3 aromatic heterocycles. The summed E-state index contributed by atoms with van der Waals surface area (Å²) in [6, 6.07) is 9.47. The SMILES string of the molecule is O=C(c1cnn2c(-c3ccc(Cl)nc3)cccc12)N1CCCCC1. The molecule has 1 aliphatic heterocycles. The fourth-order valence-corrected chi connectivity index (χ4v) is 3.30. The van der Waals surface area contributed by atoms with E-state index in [1.54, 1.807) is 23.0 Å². The molecule has 1 amide bonds. The molecule has 4 heterocycles. The Morgan fingerprint density at radius 3 is 2.62 bits per heavy atom. The van der Waals surface area contributed by atoms with Gasteiger partial charge in [0.1, 0.15) is 5.15 Å². The molecule has 0 radical (unpaired) electrons. The van der Waals surface area contributed by atoms with E-state index < -0.39 is 0 Å². The molecule has 0 atom stereocenters. The van der Waals surface area contributed by atoms with Gasteiger partial charge in [-0.3, -0.25) is 4.79 Å². The highest BCUT2D eigenvalue weighted by Gasteiger charge is 2.22. The van der Waals surface area contributed by atoms with Crippen LogP contribution in [0.15, 0.2) is 42.7 Å². The Labute approximate surface area is 144 Å². The largest absolute Gasteiger partial charge is 0.339 e. The van der Waals surface area contributed by atoms with Crippen molar-refractivity contribution in [3.63, 3.8) is 0 Å². The summed E-state index contributed by atoms with van der Waals surface area (Å²) in [7, 11) is 0. The lowest BCUT2D eigenvalue weighted by molar-refractivity contribution is 0.0726. The number of rotatable bonds is 2. The summed E-state index contributed by atoms with van der Waals surface area (Å²) >= 11 is 5.87. The molecule has 3 aromatic rings. The minimum atomic E-state index is 0.0658. The van der Waals surface area contributed by atoms with Gasteiger partial charge in [-0.15, -0.1) is 0 Å². The van der Waals surface area contributed by atoms with Crippen LogP contribution in [0.5, 0.6) is 0 Å². The number of halogens is 1. The molecule has 1 aliphatic rings. The zero-order chi connectivity index (χ0) is 16.5. The molecular formula is C18H17ClN4O. The van der Waals surface area contributed by atoms with Crippen LogP contribution in [0.25, 0.3) is 16.8 Å². The van der Waals surface area contributed by atoms with Gasteiger partial charge in [0.2, 0.25) is 0 Å². The number of nitrogens with zero attached hydrogens (tertiary/aromatic N) is 4. The van der Waals surface area contributed by atoms with Gasteiger partial charge in [0.25, 0.3) is 5.91 Å². The maximum absolute atomic E-state index is 12.8. The molecule has 0 unspecified atom stereocenters. The van der Waals surface area contributed by atoms with Crippen LogP contribution < -0.4 is 0 Å². The Kier molecular flexibility index (Phi) is 3.94. The third-order valence-electron chi connectivity index (χ3n) is 4.44. The number of amides is 1. The number of carbonyl (C=O) groups is 1. The van der Waals surface area contributed by atoms with Crippen LogP contribution >= 0.6 is 11.6 Å². The molecule has 1 fully saturated rings. The van der Waals surface area contributed by atoms with Crippen molar-refractivity contribution in [2.24, 2.45) is 0 Å². The van der Waals surface area contributed by atoms with Crippen molar-refractivity contribution in [3.8, 4) is 11.3 Å². The van der Waals surface area contributed by atoms with E-state index in [-0.39, 0.29) is 5.91 Å². The second kappa shape index (κ2) is 6.24. The molecule has 0 aliphatic carbocycles. The van der Waals surface area contributed by atoms with E-state index in [0.717, 1.165) is 42.7 Å². The van der Waals surface area contributed by atoms with Crippen LogP contribution in [0.2, 0.25) is 5.15 Å². The van der Waals surface area contributed by atoms with E-state index in [1.807, 2.05) is 29.2 Å². The van der Waals surface area contributed by atoms with Crippen LogP contribution in [-0.4, -0.2) is 38.5 Å². The van der Waals surface area contributed by atoms with Gasteiger partial charge < -0.3 is 4.90 Å². The normalized spacial score (nSPS) is 15.0. The molecule has 0 saturated carbocycles. The van der Waals surface area contributed by atoms with Gasteiger partial charge in [0, 0.05) is 24.8 Å². The lowest BCUT2D eigenvalue weighted by Gasteiger charge is -2.26. The first-order chi connectivity index (χ1) is 11.7. The minimum absolute atomic E-state index is 0.0658. The van der Waals surface area contributed by atoms with Crippen molar-refractivity contribution < 1.29 is 4.79 Å². The first-order valence-corrected chi connectivity index (χ1v) is 8.50. The summed E-state index contributed by atoms with van der Waals surface area (Å²) in [4.78, 5) is 18.9. The molecule has 122 valence electrons. The van der Waals surface area contributed by atoms with Crippen molar-refractivity contribution >= 4 is 23.0 Å². The smallest absolute Gasteiger partial charge is 0.257 e. The van der Waals surface area contributed by atoms with Crippen molar-refractivity contribution in [1.82, 2.24) is 19.5 Å². The quantitative estimate of drug-likeness (QED) is 0.669. The third-order valence-corrected chi connectivity index (χ3v) is 4.66. The summed E-state index contributed by atoms with van der Waals surface area (Å²) in [5, 5.41) is 4.89. The first kappa shape index (κ1) is 15.1. The number of hydrogen-bond donors (Lipinski definition) is 0. The molecular weight excluding hydrogens is 324 g/mol. The summed E-state index contributed by atoms with van der Waals surface area (Å²) in [6.45, 7) is 1.66. The predicted octanol–water partition coefficient (Wildman–Crippen LogP) is 3.68. The number of carbonyl (C=O) groups excluding carboxylic acids is 1. The molecule has 0 N–H and O–H groups in total. The van der Waals surface area contributed by atoms with Crippen molar-refractivity contribution in [2.45, 2.75) is 19.3 Å². The highest BCUT2D eigenvalue weighted by Crippen LogP contribution is 2.24. The second-order valence-electron chi connectivity index (χ2n) is 5.99. The summed E-state index contributed by atoms with van der Waals surface area (Å²) in [5.41, 5.74) is 3.26. The van der Waals surface area contributed by atoms with Crippen LogP contribution in [-0.2, 0) is 0 Å². The average molecular weight is 341 g/mol. The highest BCUT2D eigenvalue weighted by atomic mass is 35.5. The number of aromatic nitrogens is 3. The average Bonchev–Trinajstić information content (AvgIpc) is 3.07. The van der Waals surface area contributed by atoms with E-state index in [1.165, 1.54) is 6.42 Å². The maximum atomic E-state index is 12.8.